The minimum absolute atomic E-state index is 0.0224. The first-order valence-electron chi connectivity index (χ1n) is 10.5. The average Bonchev–Trinajstić information content (AvgIpc) is 2.62. The zero-order chi connectivity index (χ0) is 19.5. The maximum absolute atomic E-state index is 11.8. The van der Waals surface area contributed by atoms with Crippen LogP contribution in [0.3, 0.4) is 0 Å². The summed E-state index contributed by atoms with van der Waals surface area (Å²) in [4.78, 5) is 13.3. The van der Waals surface area contributed by atoms with Crippen LogP contribution in [0.5, 0.6) is 0 Å². The number of carbonyl (C=O) groups is 1. The maximum atomic E-state index is 11.8. The fraction of sp³-hybridized carbons (Fsp3) is 0.857. The van der Waals surface area contributed by atoms with Gasteiger partial charge in [-0.2, -0.15) is 0 Å². The largest absolute Gasteiger partial charge is 0.772 e. The van der Waals surface area contributed by atoms with E-state index in [2.05, 4.69) is 19.1 Å². The van der Waals surface area contributed by atoms with E-state index < -0.39 is 11.1 Å². The molecule has 0 aromatic heterocycles. The van der Waals surface area contributed by atoms with Crippen LogP contribution < -0.4 is 0 Å². The molecule has 0 bridgehead atoms. The summed E-state index contributed by atoms with van der Waals surface area (Å²) < 4.78 is 21.0. The summed E-state index contributed by atoms with van der Waals surface area (Å²) in [6, 6.07) is 0. The van der Waals surface area contributed by atoms with Gasteiger partial charge in [-0.3, -0.25) is 9.00 Å². The van der Waals surface area contributed by atoms with E-state index in [0.29, 0.717) is 13.0 Å². The lowest BCUT2D eigenvalue weighted by molar-refractivity contribution is -0.129. The van der Waals surface area contributed by atoms with Crippen molar-refractivity contribution in [2.24, 2.45) is 0 Å². The van der Waals surface area contributed by atoms with Gasteiger partial charge in [0.2, 0.25) is 5.91 Å². The van der Waals surface area contributed by atoms with Crippen molar-refractivity contribution in [1.29, 1.82) is 0 Å². The molecule has 1 atom stereocenters. The second-order valence-corrected chi connectivity index (χ2v) is 8.17. The molecular weight excluding hydrogens is 346 g/mol. The van der Waals surface area contributed by atoms with E-state index in [1.54, 1.807) is 7.05 Å². The number of unbranched alkanes of at least 4 members (excludes halogenated alkanes) is 11. The lowest BCUT2D eigenvalue weighted by Gasteiger charge is -2.17. The van der Waals surface area contributed by atoms with Gasteiger partial charge in [0.1, 0.15) is 0 Å². The summed E-state index contributed by atoms with van der Waals surface area (Å²) in [5.41, 5.74) is 0. The summed E-state index contributed by atoms with van der Waals surface area (Å²) in [6.07, 6.45) is 21.4. The van der Waals surface area contributed by atoms with Crippen molar-refractivity contribution in [3.63, 3.8) is 0 Å². The summed E-state index contributed by atoms with van der Waals surface area (Å²) in [6.45, 7) is 2.55. The Hall–Kier alpha value is -0.680. The summed E-state index contributed by atoms with van der Waals surface area (Å²) >= 11 is -2.07. The predicted molar refractivity (Wildman–Crippen MR) is 111 cm³/mol. The molecular formula is C21H40NO3S-. The van der Waals surface area contributed by atoms with Gasteiger partial charge < -0.3 is 9.45 Å². The lowest BCUT2D eigenvalue weighted by Crippen LogP contribution is -2.30. The molecule has 0 aromatic carbocycles. The molecule has 0 spiro atoms. The molecule has 0 radical (unpaired) electrons. The van der Waals surface area contributed by atoms with Crippen LogP contribution in [0.2, 0.25) is 0 Å². The van der Waals surface area contributed by atoms with Crippen molar-refractivity contribution in [2.75, 3.05) is 19.3 Å². The molecule has 154 valence electrons. The summed E-state index contributed by atoms with van der Waals surface area (Å²) in [7, 11) is 1.67. The van der Waals surface area contributed by atoms with E-state index in [1.165, 1.54) is 75.5 Å². The number of rotatable bonds is 18. The minimum Gasteiger partial charge on any atom is -0.772 e. The van der Waals surface area contributed by atoms with Gasteiger partial charge in [-0.25, -0.2) is 0 Å². The monoisotopic (exact) mass is 386 g/mol. The number of nitrogens with zero attached hydrogens (tertiary/aromatic N) is 1. The van der Waals surface area contributed by atoms with Crippen LogP contribution in [0.25, 0.3) is 0 Å². The van der Waals surface area contributed by atoms with E-state index in [1.807, 2.05) is 0 Å². The molecule has 0 aliphatic heterocycles. The molecule has 1 unspecified atom stereocenters. The van der Waals surface area contributed by atoms with Crippen molar-refractivity contribution in [1.82, 2.24) is 4.90 Å². The van der Waals surface area contributed by atoms with Gasteiger partial charge in [0.25, 0.3) is 0 Å². The molecule has 0 heterocycles. The number of hydrogen-bond acceptors (Lipinski definition) is 3. The summed E-state index contributed by atoms with van der Waals surface area (Å²) in [5.74, 6) is 0.0716. The molecule has 0 aromatic rings. The molecule has 1 amide bonds. The van der Waals surface area contributed by atoms with Crippen molar-refractivity contribution in [2.45, 2.75) is 96.8 Å². The highest BCUT2D eigenvalue weighted by molar-refractivity contribution is 7.79. The first-order valence-corrected chi connectivity index (χ1v) is 11.8. The molecule has 0 aliphatic carbocycles. The van der Waals surface area contributed by atoms with Crippen molar-refractivity contribution >= 4 is 17.0 Å². The van der Waals surface area contributed by atoms with Gasteiger partial charge in [0, 0.05) is 25.8 Å². The second-order valence-electron chi connectivity index (χ2n) is 7.16. The molecule has 0 aliphatic rings. The van der Waals surface area contributed by atoms with Crippen LogP contribution >= 0.6 is 0 Å². The van der Waals surface area contributed by atoms with Crippen molar-refractivity contribution in [3.8, 4) is 0 Å². The van der Waals surface area contributed by atoms with Crippen LogP contribution in [0.4, 0.5) is 0 Å². The minimum atomic E-state index is -2.07. The zero-order valence-corrected chi connectivity index (χ0v) is 17.9. The molecule has 0 N–H and O–H groups in total. The quantitative estimate of drug-likeness (QED) is 0.181. The predicted octanol–water partition coefficient (Wildman–Crippen LogP) is 5.36. The Morgan fingerprint density at radius 3 is 1.92 bits per heavy atom. The third kappa shape index (κ3) is 18.1. The molecule has 26 heavy (non-hydrogen) atoms. The molecule has 0 saturated carbocycles. The van der Waals surface area contributed by atoms with Crippen LogP contribution in [0.1, 0.15) is 96.8 Å². The normalized spacial score (nSPS) is 12.6. The highest BCUT2D eigenvalue weighted by Gasteiger charge is 2.07. The van der Waals surface area contributed by atoms with Crippen molar-refractivity contribution in [3.05, 3.63) is 12.2 Å². The zero-order valence-electron chi connectivity index (χ0n) is 17.0. The molecule has 4 nitrogen and oxygen atoms in total. The lowest BCUT2D eigenvalue weighted by atomic mass is 10.1. The van der Waals surface area contributed by atoms with Gasteiger partial charge in [-0.1, -0.05) is 81.5 Å². The Morgan fingerprint density at radius 2 is 1.38 bits per heavy atom. The van der Waals surface area contributed by atoms with Crippen LogP contribution in [-0.4, -0.2) is 38.9 Å². The van der Waals surface area contributed by atoms with Gasteiger partial charge in [0.15, 0.2) is 0 Å². The highest BCUT2D eigenvalue weighted by Crippen LogP contribution is 2.10. The molecule has 0 rings (SSSR count). The SMILES string of the molecule is CCCCCCCC/C=C\CCCCCCCC(=O)N(C)CCS(=O)[O-]. The second kappa shape index (κ2) is 19.1. The first-order chi connectivity index (χ1) is 12.6. The van der Waals surface area contributed by atoms with E-state index in [0.717, 1.165) is 12.8 Å². The Balaban J connectivity index is 3.33. The van der Waals surface area contributed by atoms with Crippen LogP contribution in [-0.2, 0) is 15.9 Å². The third-order valence-corrected chi connectivity index (χ3v) is 5.19. The Kier molecular flexibility index (Phi) is 18.6. The van der Waals surface area contributed by atoms with Crippen LogP contribution in [0.15, 0.2) is 12.2 Å². The van der Waals surface area contributed by atoms with Gasteiger partial charge in [-0.15, -0.1) is 0 Å². The fourth-order valence-electron chi connectivity index (χ4n) is 2.87. The molecule has 0 fully saturated rings. The smallest absolute Gasteiger partial charge is 0.222 e. The van der Waals surface area contributed by atoms with Gasteiger partial charge in [0.05, 0.1) is 0 Å². The number of amides is 1. The average molecular weight is 387 g/mol. The van der Waals surface area contributed by atoms with E-state index >= 15 is 0 Å². The van der Waals surface area contributed by atoms with E-state index in [-0.39, 0.29) is 11.7 Å². The fourth-order valence-corrected chi connectivity index (χ4v) is 3.30. The molecule has 0 saturated heterocycles. The summed E-state index contributed by atoms with van der Waals surface area (Å²) in [5, 5.41) is 0. The van der Waals surface area contributed by atoms with E-state index in [4.69, 9.17) is 0 Å². The van der Waals surface area contributed by atoms with Crippen LogP contribution in [0, 0.1) is 0 Å². The molecule has 5 heteroatoms. The van der Waals surface area contributed by atoms with Gasteiger partial charge >= 0.3 is 0 Å². The standard InChI is InChI=1S/C21H41NO3S/c1-3-4-5-6-7-8-9-10-11-12-13-14-15-16-17-18-21(23)22(2)19-20-26(24)25/h10-11H,3-9,12-20H2,1-2H3,(H,24,25)/p-1/b11-10-. The van der Waals surface area contributed by atoms with Crippen molar-refractivity contribution < 1.29 is 13.6 Å². The highest BCUT2D eigenvalue weighted by atomic mass is 32.2. The Labute approximate surface area is 164 Å². The van der Waals surface area contributed by atoms with E-state index in [9.17, 15) is 13.6 Å². The number of allylic oxidation sites excluding steroid dienone is 2. The first kappa shape index (κ1) is 25.3. The topological polar surface area (TPSA) is 60.4 Å². The Bertz CT molecular complexity index is 385. The number of carbonyl (C=O) groups excluding carboxylic acids is 1. The maximum Gasteiger partial charge on any atom is 0.222 e. The van der Waals surface area contributed by atoms with Gasteiger partial charge in [-0.05, 0) is 32.1 Å². The number of hydrogen-bond donors (Lipinski definition) is 0. The third-order valence-electron chi connectivity index (χ3n) is 4.67. The Morgan fingerprint density at radius 1 is 0.885 bits per heavy atom.